The summed E-state index contributed by atoms with van der Waals surface area (Å²) >= 11 is 0. The van der Waals surface area contributed by atoms with Crippen LogP contribution in [-0.2, 0) is 0 Å². The van der Waals surface area contributed by atoms with Crippen molar-refractivity contribution in [1.29, 1.82) is 0 Å². The lowest BCUT2D eigenvalue weighted by molar-refractivity contribution is 0.390. The third-order valence-corrected chi connectivity index (χ3v) is 3.39. The predicted molar refractivity (Wildman–Crippen MR) is 69.4 cm³/mol. The molecule has 17 heavy (non-hydrogen) atoms. The molecule has 0 aromatic carbocycles. The van der Waals surface area contributed by atoms with Gasteiger partial charge in [-0.2, -0.15) is 0 Å². The van der Waals surface area contributed by atoms with E-state index in [4.69, 9.17) is 10.5 Å². The normalized spacial score (nSPS) is 20.4. The first-order chi connectivity index (χ1) is 8.33. The van der Waals surface area contributed by atoms with E-state index in [9.17, 15) is 0 Å². The lowest BCUT2D eigenvalue weighted by Gasteiger charge is -2.34. The summed E-state index contributed by atoms with van der Waals surface area (Å²) in [5, 5.41) is 0. The van der Waals surface area contributed by atoms with Gasteiger partial charge in [0.15, 0.2) is 0 Å². The first-order valence-corrected chi connectivity index (χ1v) is 6.28. The van der Waals surface area contributed by atoms with Crippen molar-refractivity contribution in [3.63, 3.8) is 0 Å². The highest BCUT2D eigenvalue weighted by molar-refractivity contribution is 5.48. The Morgan fingerprint density at radius 3 is 3.24 bits per heavy atom. The molecule has 0 radical (unpaired) electrons. The maximum absolute atomic E-state index is 5.64. The van der Waals surface area contributed by atoms with E-state index in [2.05, 4.69) is 9.88 Å². The first kappa shape index (κ1) is 12.2. The zero-order valence-electron chi connectivity index (χ0n) is 10.4. The van der Waals surface area contributed by atoms with Gasteiger partial charge in [-0.25, -0.2) is 4.98 Å². The van der Waals surface area contributed by atoms with E-state index < -0.39 is 0 Å². The standard InChI is InChI=1S/C13H21N3O/c1-17-13-9-12(5-7-15-13)16-8-2-3-11(10-16)4-6-14/h5,7,9,11H,2-4,6,8,10,14H2,1H3. The number of aromatic nitrogens is 1. The number of ether oxygens (including phenoxy) is 1. The average molecular weight is 235 g/mol. The van der Waals surface area contributed by atoms with Gasteiger partial charge in [0, 0.05) is 31.0 Å². The Bertz CT molecular complexity index is 354. The molecule has 1 atom stereocenters. The van der Waals surface area contributed by atoms with Crippen LogP contribution in [-0.4, -0.2) is 31.7 Å². The number of hydrogen-bond acceptors (Lipinski definition) is 4. The van der Waals surface area contributed by atoms with Crippen LogP contribution in [0.15, 0.2) is 18.3 Å². The minimum atomic E-state index is 0.684. The van der Waals surface area contributed by atoms with Gasteiger partial charge in [-0.3, -0.25) is 0 Å². The molecule has 4 nitrogen and oxygen atoms in total. The minimum absolute atomic E-state index is 0.684. The fourth-order valence-electron chi connectivity index (χ4n) is 2.48. The highest BCUT2D eigenvalue weighted by Gasteiger charge is 2.19. The van der Waals surface area contributed by atoms with E-state index >= 15 is 0 Å². The molecule has 1 unspecified atom stereocenters. The molecule has 0 aliphatic carbocycles. The van der Waals surface area contributed by atoms with Crippen molar-refractivity contribution < 1.29 is 4.74 Å². The van der Waals surface area contributed by atoms with Gasteiger partial charge in [0.2, 0.25) is 5.88 Å². The SMILES string of the molecule is COc1cc(N2CCCC(CCN)C2)ccn1. The molecule has 2 heterocycles. The van der Waals surface area contributed by atoms with E-state index in [1.807, 2.05) is 12.1 Å². The van der Waals surface area contributed by atoms with Crippen molar-refractivity contribution in [2.24, 2.45) is 11.7 Å². The summed E-state index contributed by atoms with van der Waals surface area (Å²) < 4.78 is 5.16. The number of pyridine rings is 1. The molecular weight excluding hydrogens is 214 g/mol. The number of anilines is 1. The van der Waals surface area contributed by atoms with Gasteiger partial charge in [-0.15, -0.1) is 0 Å². The van der Waals surface area contributed by atoms with Crippen LogP contribution in [0.3, 0.4) is 0 Å². The molecule has 1 aliphatic heterocycles. The maximum Gasteiger partial charge on any atom is 0.214 e. The molecule has 1 aliphatic rings. The Kier molecular flexibility index (Phi) is 4.20. The van der Waals surface area contributed by atoms with Gasteiger partial charge in [0.05, 0.1) is 7.11 Å². The average Bonchev–Trinajstić information content (AvgIpc) is 2.40. The van der Waals surface area contributed by atoms with E-state index in [0.717, 1.165) is 32.0 Å². The second kappa shape index (κ2) is 5.87. The van der Waals surface area contributed by atoms with Gasteiger partial charge < -0.3 is 15.4 Å². The Morgan fingerprint density at radius 1 is 1.59 bits per heavy atom. The molecular formula is C13H21N3O. The molecule has 94 valence electrons. The summed E-state index contributed by atoms with van der Waals surface area (Å²) in [6.07, 6.45) is 5.48. The van der Waals surface area contributed by atoms with Crippen molar-refractivity contribution in [1.82, 2.24) is 4.98 Å². The van der Waals surface area contributed by atoms with Crippen molar-refractivity contribution in [3.05, 3.63) is 18.3 Å². The molecule has 1 aromatic rings. The second-order valence-electron chi connectivity index (χ2n) is 4.59. The van der Waals surface area contributed by atoms with Crippen LogP contribution in [0.5, 0.6) is 5.88 Å². The summed E-state index contributed by atoms with van der Waals surface area (Å²) in [5.74, 6) is 1.41. The molecule has 1 saturated heterocycles. The lowest BCUT2D eigenvalue weighted by Crippen LogP contribution is -2.36. The van der Waals surface area contributed by atoms with Gasteiger partial charge in [0.25, 0.3) is 0 Å². The topological polar surface area (TPSA) is 51.4 Å². The first-order valence-electron chi connectivity index (χ1n) is 6.28. The minimum Gasteiger partial charge on any atom is -0.481 e. The van der Waals surface area contributed by atoms with Crippen LogP contribution >= 0.6 is 0 Å². The van der Waals surface area contributed by atoms with Crippen LogP contribution < -0.4 is 15.4 Å². The van der Waals surface area contributed by atoms with Crippen molar-refractivity contribution in [2.45, 2.75) is 19.3 Å². The molecule has 0 saturated carbocycles. The van der Waals surface area contributed by atoms with Crippen LogP contribution in [0, 0.1) is 5.92 Å². The number of piperidine rings is 1. The largest absolute Gasteiger partial charge is 0.481 e. The zero-order valence-corrected chi connectivity index (χ0v) is 10.4. The fourth-order valence-corrected chi connectivity index (χ4v) is 2.48. The molecule has 0 amide bonds. The molecule has 2 rings (SSSR count). The Morgan fingerprint density at radius 2 is 2.47 bits per heavy atom. The Labute approximate surface area is 103 Å². The summed E-state index contributed by atoms with van der Waals surface area (Å²) in [7, 11) is 1.65. The molecule has 0 bridgehead atoms. The van der Waals surface area contributed by atoms with Gasteiger partial charge >= 0.3 is 0 Å². The van der Waals surface area contributed by atoms with E-state index in [1.165, 1.54) is 18.5 Å². The third-order valence-electron chi connectivity index (χ3n) is 3.39. The Hall–Kier alpha value is -1.29. The summed E-state index contributed by atoms with van der Waals surface area (Å²) in [6.45, 7) is 3.01. The maximum atomic E-state index is 5.64. The van der Waals surface area contributed by atoms with Crippen LogP contribution in [0.4, 0.5) is 5.69 Å². The van der Waals surface area contributed by atoms with Crippen LogP contribution in [0.1, 0.15) is 19.3 Å². The highest BCUT2D eigenvalue weighted by Crippen LogP contribution is 2.26. The fraction of sp³-hybridized carbons (Fsp3) is 0.615. The smallest absolute Gasteiger partial charge is 0.214 e. The number of rotatable bonds is 4. The van der Waals surface area contributed by atoms with Crippen molar-refractivity contribution in [3.8, 4) is 5.88 Å². The Balaban J connectivity index is 2.05. The zero-order chi connectivity index (χ0) is 12.1. The number of nitrogens with zero attached hydrogens (tertiary/aromatic N) is 2. The molecule has 2 N–H and O–H groups in total. The monoisotopic (exact) mass is 235 g/mol. The van der Waals surface area contributed by atoms with E-state index in [1.54, 1.807) is 13.3 Å². The summed E-state index contributed by atoms with van der Waals surface area (Å²) in [4.78, 5) is 6.55. The third kappa shape index (κ3) is 3.09. The lowest BCUT2D eigenvalue weighted by atomic mass is 9.94. The summed E-state index contributed by atoms with van der Waals surface area (Å²) in [6, 6.07) is 4.05. The van der Waals surface area contributed by atoms with E-state index in [0.29, 0.717) is 5.88 Å². The quantitative estimate of drug-likeness (QED) is 0.862. The van der Waals surface area contributed by atoms with Crippen LogP contribution in [0.25, 0.3) is 0 Å². The second-order valence-corrected chi connectivity index (χ2v) is 4.59. The summed E-state index contributed by atoms with van der Waals surface area (Å²) in [5.41, 5.74) is 6.85. The highest BCUT2D eigenvalue weighted by atomic mass is 16.5. The number of hydrogen-bond donors (Lipinski definition) is 1. The van der Waals surface area contributed by atoms with E-state index in [-0.39, 0.29) is 0 Å². The van der Waals surface area contributed by atoms with Crippen molar-refractivity contribution in [2.75, 3.05) is 31.6 Å². The molecule has 1 fully saturated rings. The number of methoxy groups -OCH3 is 1. The molecule has 1 aromatic heterocycles. The van der Waals surface area contributed by atoms with Gasteiger partial charge in [-0.1, -0.05) is 0 Å². The number of nitrogens with two attached hydrogens (primary N) is 1. The van der Waals surface area contributed by atoms with Gasteiger partial charge in [0.1, 0.15) is 0 Å². The molecule has 4 heteroatoms. The van der Waals surface area contributed by atoms with Gasteiger partial charge in [-0.05, 0) is 37.8 Å². The van der Waals surface area contributed by atoms with Crippen LogP contribution in [0.2, 0.25) is 0 Å². The van der Waals surface area contributed by atoms with Crippen molar-refractivity contribution >= 4 is 5.69 Å². The predicted octanol–water partition coefficient (Wildman–Crippen LogP) is 1.66. The molecule has 0 spiro atoms.